The number of piperidine rings is 1. The summed E-state index contributed by atoms with van der Waals surface area (Å²) >= 11 is 0. The summed E-state index contributed by atoms with van der Waals surface area (Å²) in [5, 5.41) is 20.4. The van der Waals surface area contributed by atoms with Crippen LogP contribution in [0.1, 0.15) is 44.9 Å². The van der Waals surface area contributed by atoms with Crippen molar-refractivity contribution in [3.8, 4) is 12.1 Å². The number of rotatable bonds is 1. The van der Waals surface area contributed by atoms with Gasteiger partial charge in [0.15, 0.2) is 0 Å². The summed E-state index contributed by atoms with van der Waals surface area (Å²) in [4.78, 5) is 6.01. The van der Waals surface area contributed by atoms with Crippen LogP contribution in [-0.2, 0) is 4.84 Å². The van der Waals surface area contributed by atoms with Gasteiger partial charge in [0.1, 0.15) is 0 Å². The van der Waals surface area contributed by atoms with E-state index in [4.69, 9.17) is 10.1 Å². The molecule has 4 nitrogen and oxygen atoms in total. The average Bonchev–Trinajstić information content (AvgIpc) is 2.51. The predicted molar refractivity (Wildman–Crippen MR) is 60.3 cm³/mol. The molecule has 0 amide bonds. The summed E-state index contributed by atoms with van der Waals surface area (Å²) in [6, 6.07) is 4.93. The van der Waals surface area contributed by atoms with Gasteiger partial charge in [-0.3, -0.25) is 4.84 Å². The Kier molecular flexibility index (Phi) is 2.58. The third kappa shape index (κ3) is 1.41. The molecule has 1 aliphatic carbocycles. The first-order valence-corrected chi connectivity index (χ1v) is 6.54. The Balaban J connectivity index is 1.94. The molecular weight excluding hydrogens is 214 g/mol. The highest BCUT2D eigenvalue weighted by molar-refractivity contribution is 5.15. The lowest BCUT2D eigenvalue weighted by Gasteiger charge is -2.46. The second-order valence-corrected chi connectivity index (χ2v) is 5.48. The zero-order valence-electron chi connectivity index (χ0n) is 9.93. The van der Waals surface area contributed by atoms with Crippen LogP contribution >= 0.6 is 0 Å². The van der Waals surface area contributed by atoms with Gasteiger partial charge in [-0.05, 0) is 38.5 Å². The van der Waals surface area contributed by atoms with E-state index in [1.165, 1.54) is 0 Å². The molecular formula is C13H17N3O. The van der Waals surface area contributed by atoms with Crippen LogP contribution < -0.4 is 0 Å². The zero-order chi connectivity index (χ0) is 11.9. The molecule has 1 saturated carbocycles. The Labute approximate surface area is 102 Å². The molecule has 3 aliphatic rings. The van der Waals surface area contributed by atoms with Crippen molar-refractivity contribution in [2.75, 3.05) is 0 Å². The van der Waals surface area contributed by atoms with Gasteiger partial charge in [0.2, 0.25) is 0 Å². The Morgan fingerprint density at radius 2 is 2.00 bits per heavy atom. The molecule has 4 atom stereocenters. The highest BCUT2D eigenvalue weighted by Crippen LogP contribution is 2.53. The molecule has 90 valence electrons. The zero-order valence-corrected chi connectivity index (χ0v) is 9.93. The van der Waals surface area contributed by atoms with E-state index in [1.807, 2.05) is 0 Å². The minimum absolute atomic E-state index is 0.0118. The summed E-state index contributed by atoms with van der Waals surface area (Å²) in [7, 11) is 0. The molecule has 0 aromatic rings. The first-order valence-electron chi connectivity index (χ1n) is 6.54. The summed E-state index contributed by atoms with van der Waals surface area (Å²) in [6.45, 7) is 0. The number of hydrogen-bond donors (Lipinski definition) is 0. The highest BCUT2D eigenvalue weighted by Gasteiger charge is 2.60. The maximum Gasteiger partial charge on any atom is 0.0970 e. The van der Waals surface area contributed by atoms with Crippen molar-refractivity contribution in [1.82, 2.24) is 5.06 Å². The van der Waals surface area contributed by atoms with Gasteiger partial charge < -0.3 is 0 Å². The SMILES string of the molecule is N#CC[C@H]1CCC[C@]23CCC[C@H](ON12)[C@H]3C#N. The summed E-state index contributed by atoms with van der Waals surface area (Å²) < 4.78 is 0. The molecule has 0 N–H and O–H groups in total. The molecule has 2 bridgehead atoms. The second-order valence-electron chi connectivity index (χ2n) is 5.48. The first-order chi connectivity index (χ1) is 8.31. The standard InChI is InChI=1S/C13H17N3O/c14-8-5-10-3-1-6-13-7-2-4-12(11(13)9-15)17-16(10)13/h10-12H,1-7H2/t10-,11-,12+,13-/m1/s1. The number of fused-ring (bicyclic) bond motifs is 1. The average molecular weight is 231 g/mol. The van der Waals surface area contributed by atoms with Gasteiger partial charge in [-0.1, -0.05) is 0 Å². The topological polar surface area (TPSA) is 60.0 Å². The maximum atomic E-state index is 9.40. The lowest BCUT2D eigenvalue weighted by molar-refractivity contribution is -0.220. The van der Waals surface area contributed by atoms with E-state index >= 15 is 0 Å². The molecule has 17 heavy (non-hydrogen) atoms. The molecule has 3 fully saturated rings. The van der Waals surface area contributed by atoms with Crippen molar-refractivity contribution >= 4 is 0 Å². The van der Waals surface area contributed by atoms with Gasteiger partial charge in [0.05, 0.1) is 36.1 Å². The largest absolute Gasteiger partial charge is 0.293 e. The van der Waals surface area contributed by atoms with Crippen LogP contribution in [0.2, 0.25) is 0 Å². The quantitative estimate of drug-likeness (QED) is 0.693. The van der Waals surface area contributed by atoms with Crippen molar-refractivity contribution in [2.45, 2.75) is 62.6 Å². The van der Waals surface area contributed by atoms with E-state index in [-0.39, 0.29) is 23.6 Å². The summed E-state index contributed by atoms with van der Waals surface area (Å²) in [6.07, 6.45) is 7.01. The van der Waals surface area contributed by atoms with Gasteiger partial charge in [-0.2, -0.15) is 15.6 Å². The number of nitrogens with zero attached hydrogens (tertiary/aromatic N) is 3. The third-order valence-electron chi connectivity index (χ3n) is 4.68. The third-order valence-corrected chi connectivity index (χ3v) is 4.68. The lowest BCUT2D eigenvalue weighted by Crippen LogP contribution is -2.55. The number of nitriles is 2. The van der Waals surface area contributed by atoms with Crippen LogP contribution in [0.25, 0.3) is 0 Å². The maximum absolute atomic E-state index is 9.40. The van der Waals surface area contributed by atoms with Crippen molar-refractivity contribution < 1.29 is 4.84 Å². The highest BCUT2D eigenvalue weighted by atomic mass is 16.7. The Morgan fingerprint density at radius 3 is 2.71 bits per heavy atom. The van der Waals surface area contributed by atoms with Crippen LogP contribution in [0.3, 0.4) is 0 Å². The van der Waals surface area contributed by atoms with Crippen LogP contribution in [-0.4, -0.2) is 22.7 Å². The molecule has 2 saturated heterocycles. The van der Waals surface area contributed by atoms with E-state index in [1.54, 1.807) is 0 Å². The van der Waals surface area contributed by atoms with Gasteiger partial charge in [0.25, 0.3) is 0 Å². The van der Waals surface area contributed by atoms with Crippen molar-refractivity contribution in [2.24, 2.45) is 5.92 Å². The minimum Gasteiger partial charge on any atom is -0.293 e. The van der Waals surface area contributed by atoms with E-state index in [9.17, 15) is 5.26 Å². The van der Waals surface area contributed by atoms with Gasteiger partial charge in [-0.15, -0.1) is 0 Å². The Bertz CT molecular complexity index is 392. The van der Waals surface area contributed by atoms with Gasteiger partial charge >= 0.3 is 0 Å². The van der Waals surface area contributed by atoms with Crippen LogP contribution in [0, 0.1) is 28.6 Å². The number of hydrogen-bond acceptors (Lipinski definition) is 4. The van der Waals surface area contributed by atoms with Crippen molar-refractivity contribution in [3.63, 3.8) is 0 Å². The summed E-state index contributed by atoms with van der Waals surface area (Å²) in [5.74, 6) is 0.0118. The van der Waals surface area contributed by atoms with E-state index in [0.717, 1.165) is 38.5 Å². The minimum atomic E-state index is -0.0720. The van der Waals surface area contributed by atoms with Crippen molar-refractivity contribution in [3.05, 3.63) is 0 Å². The molecule has 3 rings (SSSR count). The molecule has 0 unspecified atom stereocenters. The van der Waals surface area contributed by atoms with Crippen LogP contribution in [0.5, 0.6) is 0 Å². The molecule has 2 aliphatic heterocycles. The monoisotopic (exact) mass is 231 g/mol. The van der Waals surface area contributed by atoms with E-state index in [0.29, 0.717) is 6.42 Å². The fraction of sp³-hybridized carbons (Fsp3) is 0.846. The van der Waals surface area contributed by atoms with E-state index in [2.05, 4.69) is 17.2 Å². The fourth-order valence-electron chi connectivity index (χ4n) is 3.98. The lowest BCUT2D eigenvalue weighted by atomic mass is 9.68. The van der Waals surface area contributed by atoms with Gasteiger partial charge in [-0.25, -0.2) is 0 Å². The molecule has 1 spiro atoms. The molecule has 4 heteroatoms. The molecule has 0 aromatic carbocycles. The Hall–Kier alpha value is -1.10. The predicted octanol–water partition coefficient (Wildman–Crippen LogP) is 2.13. The number of hydroxylamine groups is 2. The molecule has 0 aromatic heterocycles. The normalized spacial score (nSPS) is 44.7. The van der Waals surface area contributed by atoms with Crippen LogP contribution in [0.4, 0.5) is 0 Å². The van der Waals surface area contributed by atoms with E-state index < -0.39 is 0 Å². The van der Waals surface area contributed by atoms with Crippen LogP contribution in [0.15, 0.2) is 0 Å². The molecule has 0 radical (unpaired) electrons. The van der Waals surface area contributed by atoms with Gasteiger partial charge in [0, 0.05) is 6.04 Å². The Morgan fingerprint density at radius 1 is 1.24 bits per heavy atom. The smallest absolute Gasteiger partial charge is 0.0970 e. The second kappa shape index (κ2) is 3.98. The fourth-order valence-corrected chi connectivity index (χ4v) is 3.98. The first kappa shape index (κ1) is 11.0. The summed E-state index contributed by atoms with van der Waals surface area (Å²) in [5.41, 5.74) is -0.0720. The van der Waals surface area contributed by atoms with Crippen molar-refractivity contribution in [1.29, 1.82) is 10.5 Å². The molecule has 2 heterocycles.